The molecule has 2 N–H and O–H groups in total. The standard InChI is InChI=1S/C20H28N4O2S/c1-6-21-20(23-11-19-24-13(3)14(4)27-19)22-10-16-9-18-15(7-12(2)26-18)8-17(16)25-5/h8-9,12H,6-7,10-11H2,1-5H3,(H2,21,22,23). The number of hydrogen-bond donors (Lipinski definition) is 2. The Balaban J connectivity index is 1.72. The Bertz CT molecular complexity index is 812. The predicted molar refractivity (Wildman–Crippen MR) is 110 cm³/mol. The van der Waals surface area contributed by atoms with E-state index in [0.29, 0.717) is 13.1 Å². The van der Waals surface area contributed by atoms with E-state index < -0.39 is 0 Å². The minimum atomic E-state index is 0.215. The molecule has 0 bridgehead atoms. The Morgan fingerprint density at radius 3 is 2.85 bits per heavy atom. The van der Waals surface area contributed by atoms with Crippen molar-refractivity contribution in [2.75, 3.05) is 13.7 Å². The third-order valence-corrected chi connectivity index (χ3v) is 5.60. The van der Waals surface area contributed by atoms with Gasteiger partial charge in [-0.1, -0.05) is 0 Å². The quantitative estimate of drug-likeness (QED) is 0.587. The first kappa shape index (κ1) is 19.5. The van der Waals surface area contributed by atoms with Gasteiger partial charge in [-0.05, 0) is 39.8 Å². The van der Waals surface area contributed by atoms with Crippen LogP contribution in [0.2, 0.25) is 0 Å². The summed E-state index contributed by atoms with van der Waals surface area (Å²) < 4.78 is 11.4. The van der Waals surface area contributed by atoms with E-state index in [-0.39, 0.29) is 6.10 Å². The lowest BCUT2D eigenvalue weighted by Crippen LogP contribution is -2.36. The van der Waals surface area contributed by atoms with E-state index in [1.54, 1.807) is 18.4 Å². The second kappa shape index (κ2) is 8.61. The fourth-order valence-corrected chi connectivity index (χ4v) is 3.95. The normalized spacial score (nSPS) is 16.0. The number of hydrogen-bond acceptors (Lipinski definition) is 5. The van der Waals surface area contributed by atoms with Crippen molar-refractivity contribution in [3.05, 3.63) is 38.8 Å². The average molecular weight is 389 g/mol. The summed E-state index contributed by atoms with van der Waals surface area (Å²) >= 11 is 1.72. The Morgan fingerprint density at radius 2 is 2.19 bits per heavy atom. The highest BCUT2D eigenvalue weighted by molar-refractivity contribution is 7.11. The molecule has 0 saturated heterocycles. The van der Waals surface area contributed by atoms with Crippen molar-refractivity contribution in [3.63, 3.8) is 0 Å². The SMILES string of the molecule is CCNC(=NCc1cc2c(cc1OC)CC(C)O2)NCc1nc(C)c(C)s1. The Kier molecular flexibility index (Phi) is 6.21. The van der Waals surface area contributed by atoms with Crippen LogP contribution >= 0.6 is 11.3 Å². The smallest absolute Gasteiger partial charge is 0.191 e. The van der Waals surface area contributed by atoms with Gasteiger partial charge in [-0.25, -0.2) is 9.98 Å². The molecule has 1 atom stereocenters. The summed E-state index contributed by atoms with van der Waals surface area (Å²) in [5.41, 5.74) is 3.31. The van der Waals surface area contributed by atoms with Gasteiger partial charge in [0.25, 0.3) is 0 Å². The van der Waals surface area contributed by atoms with Gasteiger partial charge in [-0.15, -0.1) is 11.3 Å². The van der Waals surface area contributed by atoms with Crippen molar-refractivity contribution in [2.45, 2.75) is 53.3 Å². The van der Waals surface area contributed by atoms with Crippen LogP contribution in [0.25, 0.3) is 0 Å². The number of nitrogens with one attached hydrogen (secondary N) is 2. The van der Waals surface area contributed by atoms with Gasteiger partial charge in [-0.2, -0.15) is 0 Å². The van der Waals surface area contributed by atoms with Crippen molar-refractivity contribution < 1.29 is 9.47 Å². The molecular weight excluding hydrogens is 360 g/mol. The van der Waals surface area contributed by atoms with Crippen LogP contribution in [-0.2, 0) is 19.5 Å². The predicted octanol–water partition coefficient (Wildman–Crippen LogP) is 3.35. The summed E-state index contributed by atoms with van der Waals surface area (Å²) in [6.45, 7) is 10.2. The van der Waals surface area contributed by atoms with E-state index in [4.69, 9.17) is 14.5 Å². The number of aryl methyl sites for hydroxylation is 2. The molecule has 1 aromatic carbocycles. The van der Waals surface area contributed by atoms with Gasteiger partial charge in [0, 0.05) is 29.0 Å². The molecule has 0 spiro atoms. The maximum Gasteiger partial charge on any atom is 0.191 e. The van der Waals surface area contributed by atoms with Gasteiger partial charge < -0.3 is 20.1 Å². The molecule has 0 fully saturated rings. The number of ether oxygens (including phenoxy) is 2. The maximum absolute atomic E-state index is 5.88. The zero-order valence-electron chi connectivity index (χ0n) is 16.7. The maximum atomic E-state index is 5.88. The van der Waals surface area contributed by atoms with Gasteiger partial charge in [-0.3, -0.25) is 0 Å². The van der Waals surface area contributed by atoms with Gasteiger partial charge >= 0.3 is 0 Å². The van der Waals surface area contributed by atoms with Crippen molar-refractivity contribution in [2.24, 2.45) is 4.99 Å². The van der Waals surface area contributed by atoms with E-state index in [0.717, 1.165) is 46.7 Å². The third-order valence-electron chi connectivity index (χ3n) is 4.53. The Labute approximate surface area is 165 Å². The van der Waals surface area contributed by atoms with Crippen LogP contribution in [0.1, 0.15) is 40.6 Å². The van der Waals surface area contributed by atoms with Gasteiger partial charge in [0.2, 0.25) is 0 Å². The molecule has 2 aromatic rings. The second-order valence-corrected chi connectivity index (χ2v) is 7.99. The highest BCUT2D eigenvalue weighted by Gasteiger charge is 2.21. The fraction of sp³-hybridized carbons (Fsp3) is 0.500. The van der Waals surface area contributed by atoms with Crippen LogP contribution in [-0.4, -0.2) is 30.7 Å². The van der Waals surface area contributed by atoms with Crippen molar-refractivity contribution >= 4 is 17.3 Å². The van der Waals surface area contributed by atoms with Crippen LogP contribution in [0.15, 0.2) is 17.1 Å². The van der Waals surface area contributed by atoms with E-state index >= 15 is 0 Å². The van der Waals surface area contributed by atoms with E-state index in [9.17, 15) is 0 Å². The summed E-state index contributed by atoms with van der Waals surface area (Å²) in [5, 5.41) is 7.71. The second-order valence-electron chi connectivity index (χ2n) is 6.70. The molecule has 1 aromatic heterocycles. The summed E-state index contributed by atoms with van der Waals surface area (Å²) in [5.74, 6) is 2.57. The zero-order chi connectivity index (χ0) is 19.4. The number of aliphatic imine (C=N–C) groups is 1. The summed E-state index contributed by atoms with van der Waals surface area (Å²) in [7, 11) is 1.70. The average Bonchev–Trinajstić information content (AvgIpc) is 3.16. The highest BCUT2D eigenvalue weighted by atomic mass is 32.1. The number of methoxy groups -OCH3 is 1. The lowest BCUT2D eigenvalue weighted by Gasteiger charge is -2.12. The van der Waals surface area contributed by atoms with Gasteiger partial charge in [0.05, 0.1) is 25.9 Å². The lowest BCUT2D eigenvalue weighted by molar-refractivity contribution is 0.254. The molecule has 0 amide bonds. The van der Waals surface area contributed by atoms with Crippen LogP contribution in [0, 0.1) is 13.8 Å². The van der Waals surface area contributed by atoms with Gasteiger partial charge in [0.1, 0.15) is 22.6 Å². The van der Waals surface area contributed by atoms with Crippen LogP contribution < -0.4 is 20.1 Å². The van der Waals surface area contributed by atoms with Crippen LogP contribution in [0.4, 0.5) is 0 Å². The molecule has 6 nitrogen and oxygen atoms in total. The van der Waals surface area contributed by atoms with Gasteiger partial charge in [0.15, 0.2) is 5.96 Å². The molecule has 0 aliphatic carbocycles. The molecule has 1 unspecified atom stereocenters. The number of thiazole rings is 1. The number of fused-ring (bicyclic) bond motifs is 1. The first-order valence-corrected chi connectivity index (χ1v) is 10.1. The molecular formula is C20H28N4O2S. The minimum Gasteiger partial charge on any atom is -0.496 e. The number of rotatable bonds is 6. The molecule has 0 radical (unpaired) electrons. The first-order valence-electron chi connectivity index (χ1n) is 9.31. The molecule has 146 valence electrons. The number of guanidine groups is 1. The van der Waals surface area contributed by atoms with E-state index in [1.165, 1.54) is 10.4 Å². The topological polar surface area (TPSA) is 67.8 Å². The van der Waals surface area contributed by atoms with E-state index in [2.05, 4.69) is 48.5 Å². The first-order chi connectivity index (χ1) is 13.0. The molecule has 27 heavy (non-hydrogen) atoms. The van der Waals surface area contributed by atoms with Crippen LogP contribution in [0.3, 0.4) is 0 Å². The molecule has 7 heteroatoms. The minimum absolute atomic E-state index is 0.215. The lowest BCUT2D eigenvalue weighted by atomic mass is 10.1. The molecule has 0 saturated carbocycles. The number of aromatic nitrogens is 1. The highest BCUT2D eigenvalue weighted by Crippen LogP contribution is 2.35. The zero-order valence-corrected chi connectivity index (χ0v) is 17.5. The number of benzene rings is 1. The van der Waals surface area contributed by atoms with Crippen molar-refractivity contribution in [1.29, 1.82) is 0 Å². The van der Waals surface area contributed by atoms with Crippen molar-refractivity contribution in [1.82, 2.24) is 15.6 Å². The third kappa shape index (κ3) is 4.71. The Morgan fingerprint density at radius 1 is 1.37 bits per heavy atom. The molecule has 1 aliphatic heterocycles. The Hall–Kier alpha value is -2.28. The molecule has 1 aliphatic rings. The summed E-state index contributed by atoms with van der Waals surface area (Å²) in [4.78, 5) is 10.5. The monoisotopic (exact) mass is 388 g/mol. The van der Waals surface area contributed by atoms with Crippen LogP contribution in [0.5, 0.6) is 11.5 Å². The number of nitrogens with zero attached hydrogens (tertiary/aromatic N) is 2. The molecule has 2 heterocycles. The largest absolute Gasteiger partial charge is 0.496 e. The molecule has 3 rings (SSSR count). The van der Waals surface area contributed by atoms with Crippen molar-refractivity contribution in [3.8, 4) is 11.5 Å². The van der Waals surface area contributed by atoms with E-state index in [1.807, 2.05) is 6.92 Å². The summed E-state index contributed by atoms with van der Waals surface area (Å²) in [6.07, 6.45) is 1.14. The fourth-order valence-electron chi connectivity index (χ4n) is 3.08. The summed E-state index contributed by atoms with van der Waals surface area (Å²) in [6, 6.07) is 4.13.